The molecule has 4 heteroatoms. The molecule has 0 amide bonds. The summed E-state index contributed by atoms with van der Waals surface area (Å²) in [5, 5.41) is 10.6. The maximum absolute atomic E-state index is 9.82. The topological polar surface area (TPSA) is 72.0 Å². The van der Waals surface area contributed by atoms with E-state index < -0.39 is 0 Å². The van der Waals surface area contributed by atoms with Crippen molar-refractivity contribution in [1.29, 1.82) is 0 Å². The van der Waals surface area contributed by atoms with Gasteiger partial charge in [0, 0.05) is 10.9 Å². The number of phenolic OH excluding ortho intramolecular Hbond substituents is 1. The summed E-state index contributed by atoms with van der Waals surface area (Å²) in [4.78, 5) is 8.35. The Morgan fingerprint density at radius 3 is 2.44 bits per heavy atom. The minimum atomic E-state index is 0.110. The number of phenols is 1. The monoisotopic (exact) mass is 237 g/mol. The number of nitrogens with zero attached hydrogens (tertiary/aromatic N) is 2. The third-order valence-electron chi connectivity index (χ3n) is 2.77. The molecule has 0 fully saturated rings. The number of aromatic nitrogens is 2. The normalized spacial score (nSPS) is 10.7. The molecule has 3 aromatic rings. The summed E-state index contributed by atoms with van der Waals surface area (Å²) < 4.78 is 0. The van der Waals surface area contributed by atoms with Crippen LogP contribution in [0, 0.1) is 0 Å². The van der Waals surface area contributed by atoms with Crippen LogP contribution in [0.1, 0.15) is 0 Å². The Kier molecular flexibility index (Phi) is 2.34. The number of aromatic hydroxyl groups is 1. The average molecular weight is 237 g/mol. The molecule has 4 nitrogen and oxygen atoms in total. The van der Waals surface area contributed by atoms with E-state index in [4.69, 9.17) is 5.73 Å². The molecular weight excluding hydrogens is 226 g/mol. The predicted octanol–water partition coefficient (Wildman–Crippen LogP) is 2.58. The zero-order valence-electron chi connectivity index (χ0n) is 9.54. The summed E-state index contributed by atoms with van der Waals surface area (Å²) in [6, 6.07) is 14.9. The molecular formula is C14H11N3O. The van der Waals surface area contributed by atoms with E-state index in [1.165, 1.54) is 0 Å². The van der Waals surface area contributed by atoms with E-state index >= 15 is 0 Å². The number of nitrogen functional groups attached to an aromatic ring is 1. The molecule has 0 saturated carbocycles. The van der Waals surface area contributed by atoms with Crippen molar-refractivity contribution in [3.63, 3.8) is 0 Å². The molecule has 3 rings (SSSR count). The van der Waals surface area contributed by atoms with Gasteiger partial charge in [-0.25, -0.2) is 9.97 Å². The van der Waals surface area contributed by atoms with Gasteiger partial charge in [0.2, 0.25) is 5.95 Å². The van der Waals surface area contributed by atoms with Crippen molar-refractivity contribution >= 4 is 16.9 Å². The lowest BCUT2D eigenvalue weighted by molar-refractivity contribution is 0.480. The molecule has 0 spiro atoms. The highest BCUT2D eigenvalue weighted by molar-refractivity contribution is 5.96. The van der Waals surface area contributed by atoms with Crippen molar-refractivity contribution in [2.45, 2.75) is 0 Å². The van der Waals surface area contributed by atoms with Crippen molar-refractivity contribution in [2.24, 2.45) is 0 Å². The SMILES string of the molecule is Nc1nc(-c2ccccc2)c2cccc(O)c2n1. The molecule has 3 N–H and O–H groups in total. The Hall–Kier alpha value is -2.62. The summed E-state index contributed by atoms with van der Waals surface area (Å²) >= 11 is 0. The molecule has 0 radical (unpaired) electrons. The molecule has 1 aromatic heterocycles. The second-order valence-electron chi connectivity index (χ2n) is 3.97. The molecule has 0 aliphatic rings. The van der Waals surface area contributed by atoms with E-state index in [2.05, 4.69) is 9.97 Å². The Bertz CT molecular complexity index is 711. The minimum absolute atomic E-state index is 0.110. The molecule has 18 heavy (non-hydrogen) atoms. The molecule has 0 aliphatic carbocycles. The fourth-order valence-electron chi connectivity index (χ4n) is 1.97. The second kappa shape index (κ2) is 4.00. The number of para-hydroxylation sites is 1. The average Bonchev–Trinajstić information content (AvgIpc) is 2.40. The lowest BCUT2D eigenvalue weighted by atomic mass is 10.1. The first-order chi connectivity index (χ1) is 8.75. The van der Waals surface area contributed by atoms with Gasteiger partial charge < -0.3 is 10.8 Å². The van der Waals surface area contributed by atoms with E-state index in [-0.39, 0.29) is 11.7 Å². The van der Waals surface area contributed by atoms with E-state index in [1.54, 1.807) is 12.1 Å². The standard InChI is InChI=1S/C14H11N3O/c15-14-16-12(9-5-2-1-3-6-9)10-7-4-8-11(18)13(10)17-14/h1-8,18H,(H2,15,16,17). The molecule has 0 atom stereocenters. The van der Waals surface area contributed by atoms with Crippen molar-refractivity contribution in [2.75, 3.05) is 5.73 Å². The van der Waals surface area contributed by atoms with Gasteiger partial charge in [0.25, 0.3) is 0 Å². The Balaban J connectivity index is 2.39. The van der Waals surface area contributed by atoms with Gasteiger partial charge in [-0.3, -0.25) is 0 Å². The Labute approximate surface area is 104 Å². The first-order valence-corrected chi connectivity index (χ1v) is 5.56. The highest BCUT2D eigenvalue weighted by Gasteiger charge is 2.10. The molecule has 0 saturated heterocycles. The van der Waals surface area contributed by atoms with Crippen LogP contribution in [0.5, 0.6) is 5.75 Å². The number of benzene rings is 2. The van der Waals surface area contributed by atoms with Gasteiger partial charge in [-0.05, 0) is 6.07 Å². The number of fused-ring (bicyclic) bond motifs is 1. The van der Waals surface area contributed by atoms with Crippen molar-refractivity contribution < 1.29 is 5.11 Å². The zero-order valence-corrected chi connectivity index (χ0v) is 9.54. The van der Waals surface area contributed by atoms with Crippen LogP contribution in [-0.4, -0.2) is 15.1 Å². The maximum atomic E-state index is 9.82. The molecule has 2 aromatic carbocycles. The van der Waals surface area contributed by atoms with Crippen LogP contribution in [0.4, 0.5) is 5.95 Å². The van der Waals surface area contributed by atoms with Gasteiger partial charge in [0.15, 0.2) is 0 Å². The minimum Gasteiger partial charge on any atom is -0.506 e. The highest BCUT2D eigenvalue weighted by Crippen LogP contribution is 2.30. The number of rotatable bonds is 1. The second-order valence-corrected chi connectivity index (χ2v) is 3.97. The van der Waals surface area contributed by atoms with Gasteiger partial charge in [0.1, 0.15) is 11.3 Å². The van der Waals surface area contributed by atoms with Crippen LogP contribution in [0.2, 0.25) is 0 Å². The smallest absolute Gasteiger partial charge is 0.221 e. The first-order valence-electron chi connectivity index (χ1n) is 5.56. The summed E-state index contributed by atoms with van der Waals surface area (Å²) in [7, 11) is 0. The highest BCUT2D eigenvalue weighted by atomic mass is 16.3. The van der Waals surface area contributed by atoms with E-state index in [9.17, 15) is 5.11 Å². The summed E-state index contributed by atoms with van der Waals surface area (Å²) in [6.07, 6.45) is 0. The van der Waals surface area contributed by atoms with E-state index in [1.807, 2.05) is 36.4 Å². The predicted molar refractivity (Wildman–Crippen MR) is 71.1 cm³/mol. The van der Waals surface area contributed by atoms with Gasteiger partial charge in [0.05, 0.1) is 5.69 Å². The fraction of sp³-hybridized carbons (Fsp3) is 0. The molecule has 0 unspecified atom stereocenters. The summed E-state index contributed by atoms with van der Waals surface area (Å²) in [5.74, 6) is 0.265. The van der Waals surface area contributed by atoms with Crippen LogP contribution < -0.4 is 5.73 Å². The Morgan fingerprint density at radius 1 is 0.889 bits per heavy atom. The molecule has 0 aliphatic heterocycles. The van der Waals surface area contributed by atoms with Crippen LogP contribution in [0.3, 0.4) is 0 Å². The van der Waals surface area contributed by atoms with Crippen molar-refractivity contribution in [3.05, 3.63) is 48.5 Å². The first kappa shape index (κ1) is 10.5. The maximum Gasteiger partial charge on any atom is 0.221 e. The number of anilines is 1. The summed E-state index contributed by atoms with van der Waals surface area (Å²) in [6.45, 7) is 0. The fourth-order valence-corrected chi connectivity index (χ4v) is 1.97. The number of hydrogen-bond donors (Lipinski definition) is 2. The number of nitrogens with two attached hydrogens (primary N) is 1. The molecule has 1 heterocycles. The van der Waals surface area contributed by atoms with Gasteiger partial charge in [-0.15, -0.1) is 0 Å². The van der Waals surface area contributed by atoms with Crippen molar-refractivity contribution in [1.82, 2.24) is 9.97 Å². The molecule has 0 bridgehead atoms. The number of hydrogen-bond acceptors (Lipinski definition) is 4. The Morgan fingerprint density at radius 2 is 1.67 bits per heavy atom. The quantitative estimate of drug-likeness (QED) is 0.682. The largest absolute Gasteiger partial charge is 0.506 e. The van der Waals surface area contributed by atoms with Crippen LogP contribution >= 0.6 is 0 Å². The van der Waals surface area contributed by atoms with Crippen LogP contribution in [0.15, 0.2) is 48.5 Å². The lowest BCUT2D eigenvalue weighted by Crippen LogP contribution is -1.98. The van der Waals surface area contributed by atoms with Gasteiger partial charge >= 0.3 is 0 Å². The van der Waals surface area contributed by atoms with E-state index in [0.29, 0.717) is 5.52 Å². The van der Waals surface area contributed by atoms with Crippen LogP contribution in [0.25, 0.3) is 22.2 Å². The van der Waals surface area contributed by atoms with Gasteiger partial charge in [-0.1, -0.05) is 42.5 Å². The van der Waals surface area contributed by atoms with Crippen LogP contribution in [-0.2, 0) is 0 Å². The zero-order chi connectivity index (χ0) is 12.5. The third kappa shape index (κ3) is 1.64. The van der Waals surface area contributed by atoms with Crippen molar-refractivity contribution in [3.8, 4) is 17.0 Å². The molecule has 88 valence electrons. The van der Waals surface area contributed by atoms with Gasteiger partial charge in [-0.2, -0.15) is 0 Å². The summed E-state index contributed by atoms with van der Waals surface area (Å²) in [5.41, 5.74) is 7.85. The van der Waals surface area contributed by atoms with E-state index in [0.717, 1.165) is 16.6 Å². The third-order valence-corrected chi connectivity index (χ3v) is 2.77. The lowest BCUT2D eigenvalue weighted by Gasteiger charge is -2.07.